The number of hydrogen-bond acceptors (Lipinski definition) is 5. The summed E-state index contributed by atoms with van der Waals surface area (Å²) in [6, 6.07) is 11.7. The first kappa shape index (κ1) is 22.6. The summed E-state index contributed by atoms with van der Waals surface area (Å²) in [7, 11) is 0. The Morgan fingerprint density at radius 3 is 2.39 bits per heavy atom. The Bertz CT molecular complexity index is 1130. The van der Waals surface area contributed by atoms with Crippen LogP contribution in [0.1, 0.15) is 24.5 Å². The molecule has 8 heteroatoms. The first-order valence-corrected chi connectivity index (χ1v) is 12.8. The van der Waals surface area contributed by atoms with Crippen LogP contribution in [0.5, 0.6) is 11.5 Å². The number of hydrogen-bond donors (Lipinski definition) is 0. The topological polar surface area (TPSA) is 68.2 Å². The van der Waals surface area contributed by atoms with E-state index in [0.717, 1.165) is 30.6 Å². The molecule has 33 heavy (non-hydrogen) atoms. The third kappa shape index (κ3) is 4.23. The molecule has 2 bridgehead atoms. The highest BCUT2D eigenvalue weighted by atomic mass is 127. The Kier molecular flexibility index (Phi) is 6.30. The third-order valence-corrected chi connectivity index (χ3v) is 7.73. The number of benzene rings is 2. The number of hydrazone groups is 1. The molecule has 170 valence electrons. The van der Waals surface area contributed by atoms with Crippen molar-refractivity contribution in [2.24, 2.45) is 28.8 Å². The minimum absolute atomic E-state index is 0.171. The van der Waals surface area contributed by atoms with E-state index in [1.807, 2.05) is 43.3 Å². The summed E-state index contributed by atoms with van der Waals surface area (Å²) < 4.78 is 13.8. The third-order valence-electron chi connectivity index (χ3n) is 6.40. The van der Waals surface area contributed by atoms with Crippen molar-refractivity contribution in [1.82, 2.24) is 5.01 Å². The normalized spacial score (nSPS) is 25.4. The second-order valence-corrected chi connectivity index (χ2v) is 10.5. The van der Waals surface area contributed by atoms with Crippen LogP contribution in [-0.2, 0) is 16.2 Å². The highest BCUT2D eigenvalue weighted by Crippen LogP contribution is 2.52. The molecule has 2 aromatic rings. The molecular formula is C25H22BrIN2O4. The molecule has 0 unspecified atom stereocenters. The lowest BCUT2D eigenvalue weighted by molar-refractivity contribution is -0.140. The van der Waals surface area contributed by atoms with Crippen LogP contribution in [0.3, 0.4) is 0 Å². The molecule has 0 aromatic heterocycles. The van der Waals surface area contributed by atoms with E-state index in [-0.39, 0.29) is 35.5 Å². The zero-order valence-electron chi connectivity index (χ0n) is 17.9. The van der Waals surface area contributed by atoms with E-state index in [1.54, 1.807) is 6.21 Å². The summed E-state index contributed by atoms with van der Waals surface area (Å²) in [4.78, 5) is 25.7. The Morgan fingerprint density at radius 2 is 1.76 bits per heavy atom. The average Bonchev–Trinajstić information content (AvgIpc) is 3.47. The van der Waals surface area contributed by atoms with Gasteiger partial charge in [0.05, 0.1) is 28.2 Å². The molecule has 0 spiro atoms. The van der Waals surface area contributed by atoms with E-state index in [1.165, 1.54) is 0 Å². The second kappa shape index (κ2) is 9.21. The van der Waals surface area contributed by atoms with Gasteiger partial charge in [-0.15, -0.1) is 0 Å². The van der Waals surface area contributed by atoms with Crippen molar-refractivity contribution in [1.29, 1.82) is 0 Å². The molecule has 2 aromatic carbocycles. The van der Waals surface area contributed by atoms with Gasteiger partial charge in [-0.2, -0.15) is 10.1 Å². The van der Waals surface area contributed by atoms with Gasteiger partial charge in [0, 0.05) is 4.47 Å². The predicted octanol–water partition coefficient (Wildman–Crippen LogP) is 5.17. The number of carbonyl (C=O) groups excluding carboxylic acids is 2. The van der Waals surface area contributed by atoms with Crippen molar-refractivity contribution < 1.29 is 19.1 Å². The molecule has 3 aliphatic rings. The summed E-state index contributed by atoms with van der Waals surface area (Å²) in [5.74, 6) is 0.716. The van der Waals surface area contributed by atoms with Crippen LogP contribution in [0.4, 0.5) is 0 Å². The van der Waals surface area contributed by atoms with Crippen LogP contribution in [0.2, 0.25) is 0 Å². The number of halogens is 2. The van der Waals surface area contributed by atoms with E-state index >= 15 is 0 Å². The summed E-state index contributed by atoms with van der Waals surface area (Å²) in [6.45, 7) is 2.80. The molecule has 5 rings (SSSR count). The quantitative estimate of drug-likeness (QED) is 0.185. The van der Waals surface area contributed by atoms with Crippen LogP contribution in [0, 0.1) is 27.2 Å². The number of carbonyl (C=O) groups is 2. The van der Waals surface area contributed by atoms with E-state index in [0.29, 0.717) is 24.7 Å². The fraction of sp³-hybridized carbons (Fsp3) is 0.320. The van der Waals surface area contributed by atoms with Crippen LogP contribution in [0.15, 0.2) is 58.1 Å². The monoisotopic (exact) mass is 620 g/mol. The van der Waals surface area contributed by atoms with Crippen molar-refractivity contribution in [3.8, 4) is 11.5 Å². The van der Waals surface area contributed by atoms with Gasteiger partial charge in [0.25, 0.3) is 11.8 Å². The van der Waals surface area contributed by atoms with Gasteiger partial charge in [-0.3, -0.25) is 9.59 Å². The Labute approximate surface area is 214 Å². The first-order valence-electron chi connectivity index (χ1n) is 10.9. The van der Waals surface area contributed by atoms with Gasteiger partial charge < -0.3 is 9.47 Å². The van der Waals surface area contributed by atoms with Crippen LogP contribution < -0.4 is 9.47 Å². The zero-order valence-corrected chi connectivity index (χ0v) is 21.7. The molecule has 1 aliphatic heterocycles. The molecule has 1 saturated heterocycles. The Morgan fingerprint density at radius 1 is 1.09 bits per heavy atom. The van der Waals surface area contributed by atoms with Crippen molar-refractivity contribution in [2.75, 3.05) is 6.61 Å². The lowest BCUT2D eigenvalue weighted by Crippen LogP contribution is -2.28. The van der Waals surface area contributed by atoms with E-state index in [4.69, 9.17) is 9.47 Å². The van der Waals surface area contributed by atoms with Crippen molar-refractivity contribution in [3.05, 3.63) is 67.7 Å². The number of imide groups is 1. The summed E-state index contributed by atoms with van der Waals surface area (Å²) in [5.41, 5.74) is 1.78. The molecule has 2 aliphatic carbocycles. The molecule has 6 nitrogen and oxygen atoms in total. The van der Waals surface area contributed by atoms with Gasteiger partial charge in [0.2, 0.25) is 0 Å². The maximum absolute atomic E-state index is 12.8. The first-order chi connectivity index (χ1) is 16.0. The fourth-order valence-electron chi connectivity index (χ4n) is 4.93. The molecule has 2 amide bonds. The minimum Gasteiger partial charge on any atom is -0.490 e. The molecule has 0 N–H and O–H groups in total. The molecule has 1 saturated carbocycles. The number of allylic oxidation sites excluding steroid dienone is 2. The van der Waals surface area contributed by atoms with E-state index < -0.39 is 0 Å². The standard InChI is InChI=1S/C25H22BrIN2O4/c1-2-32-20-10-15(9-19(27)23(20)33-13-14-3-7-18(26)8-4-14)12-28-29-24(30)21-16-5-6-17(11-16)22(21)25(29)31/h3-10,12,16-17,21-22H,2,11,13H2,1H3/b28-12-/t16-,17-,21-,22-/m0/s1. The van der Waals surface area contributed by atoms with Gasteiger partial charge in [-0.25, -0.2) is 0 Å². The van der Waals surface area contributed by atoms with Gasteiger partial charge in [0.1, 0.15) is 6.61 Å². The maximum Gasteiger partial charge on any atom is 0.254 e. The van der Waals surface area contributed by atoms with Crippen molar-refractivity contribution >= 4 is 56.5 Å². The minimum atomic E-state index is -0.252. The van der Waals surface area contributed by atoms with Gasteiger partial charge >= 0.3 is 0 Å². The van der Waals surface area contributed by atoms with E-state index in [9.17, 15) is 9.59 Å². The number of rotatable bonds is 7. The molecule has 1 heterocycles. The van der Waals surface area contributed by atoms with Crippen LogP contribution in [0.25, 0.3) is 0 Å². The molecule has 2 fully saturated rings. The molecule has 0 radical (unpaired) electrons. The van der Waals surface area contributed by atoms with Crippen molar-refractivity contribution in [2.45, 2.75) is 20.0 Å². The second-order valence-electron chi connectivity index (χ2n) is 8.41. The highest BCUT2D eigenvalue weighted by Gasteiger charge is 2.59. The summed E-state index contributed by atoms with van der Waals surface area (Å²) in [5, 5.41) is 5.35. The van der Waals surface area contributed by atoms with Gasteiger partial charge in [-0.1, -0.05) is 40.2 Å². The Balaban J connectivity index is 1.34. The number of amides is 2. The summed E-state index contributed by atoms with van der Waals surface area (Å²) in [6.07, 6.45) is 6.61. The Hall–Kier alpha value is -2.20. The van der Waals surface area contributed by atoms with Crippen LogP contribution in [-0.4, -0.2) is 29.6 Å². The van der Waals surface area contributed by atoms with Gasteiger partial charge in [0.15, 0.2) is 11.5 Å². The largest absolute Gasteiger partial charge is 0.490 e. The smallest absolute Gasteiger partial charge is 0.254 e. The highest BCUT2D eigenvalue weighted by molar-refractivity contribution is 14.1. The SMILES string of the molecule is CCOc1cc(/C=N\N2C(=O)[C@@H]3[C@@H](C2=O)[C@H]2C=C[C@H]3C2)cc(I)c1OCc1ccc(Br)cc1. The van der Waals surface area contributed by atoms with Gasteiger partial charge in [-0.05, 0) is 83.2 Å². The zero-order chi connectivity index (χ0) is 23.1. The maximum atomic E-state index is 12.8. The lowest BCUT2D eigenvalue weighted by Gasteiger charge is -2.15. The lowest BCUT2D eigenvalue weighted by atomic mass is 9.85. The number of nitrogens with zero attached hydrogens (tertiary/aromatic N) is 2. The number of ether oxygens (including phenoxy) is 2. The predicted molar refractivity (Wildman–Crippen MR) is 136 cm³/mol. The molecular weight excluding hydrogens is 599 g/mol. The molecule has 4 atom stereocenters. The van der Waals surface area contributed by atoms with Crippen molar-refractivity contribution in [3.63, 3.8) is 0 Å². The fourth-order valence-corrected chi connectivity index (χ4v) is 5.97. The number of fused-ring (bicyclic) bond motifs is 5. The van der Waals surface area contributed by atoms with E-state index in [2.05, 4.69) is 55.8 Å². The van der Waals surface area contributed by atoms with Crippen LogP contribution >= 0.6 is 38.5 Å². The summed E-state index contributed by atoms with van der Waals surface area (Å²) >= 11 is 5.64. The average molecular weight is 621 g/mol.